The van der Waals surface area contributed by atoms with Crippen LogP contribution in [0.15, 0.2) is 31.1 Å². The Balaban J connectivity index is 1.70. The van der Waals surface area contributed by atoms with Gasteiger partial charge in [-0.3, -0.25) is 4.79 Å². The van der Waals surface area contributed by atoms with E-state index >= 15 is 4.39 Å². The highest BCUT2D eigenvalue weighted by Crippen LogP contribution is 2.47. The minimum Gasteiger partial charge on any atom is -0.494 e. The number of benzene rings is 2. The van der Waals surface area contributed by atoms with Crippen molar-refractivity contribution < 1.29 is 13.9 Å². The van der Waals surface area contributed by atoms with Gasteiger partial charge >= 0.3 is 0 Å². The molecular formula is C23H21ClFN7O2. The molecule has 0 bridgehead atoms. The van der Waals surface area contributed by atoms with Gasteiger partial charge in [-0.1, -0.05) is 24.2 Å². The zero-order chi connectivity index (χ0) is 24.0. The number of piperazine rings is 1. The molecule has 4 aromatic rings. The van der Waals surface area contributed by atoms with Crippen LogP contribution in [-0.2, 0) is 4.79 Å². The van der Waals surface area contributed by atoms with E-state index in [1.807, 2.05) is 17.9 Å². The van der Waals surface area contributed by atoms with Gasteiger partial charge in [0.15, 0.2) is 11.6 Å². The van der Waals surface area contributed by atoms with E-state index in [1.165, 1.54) is 19.5 Å². The third-order valence-corrected chi connectivity index (χ3v) is 6.48. The maximum Gasteiger partial charge on any atom is 0.246 e. The molecule has 174 valence electrons. The first-order chi connectivity index (χ1) is 16.5. The molecule has 1 aliphatic rings. The summed E-state index contributed by atoms with van der Waals surface area (Å²) in [4.78, 5) is 24.3. The molecule has 0 unspecified atom stereocenters. The number of H-pyrrole nitrogens is 1. The number of amides is 1. The van der Waals surface area contributed by atoms with Gasteiger partial charge in [0.25, 0.3) is 0 Å². The number of carbonyl (C=O) groups excluding carboxylic acids is 1. The van der Waals surface area contributed by atoms with Gasteiger partial charge in [-0.15, -0.1) is 0 Å². The fraction of sp³-hybridized carbons (Fsp3) is 0.261. The third kappa shape index (κ3) is 3.33. The molecule has 1 fully saturated rings. The van der Waals surface area contributed by atoms with Crippen molar-refractivity contribution in [3.05, 3.63) is 47.5 Å². The molecule has 1 N–H and O–H groups in total. The Morgan fingerprint density at radius 2 is 1.94 bits per heavy atom. The molecule has 0 saturated carbocycles. The fourth-order valence-corrected chi connectivity index (χ4v) is 4.79. The number of nitrogens with zero attached hydrogens (tertiary/aromatic N) is 6. The lowest BCUT2D eigenvalue weighted by atomic mass is 9.96. The minimum absolute atomic E-state index is 0.0887. The number of hydrogen-bond donors (Lipinski definition) is 1. The smallest absolute Gasteiger partial charge is 0.246 e. The first-order valence-electron chi connectivity index (χ1n) is 10.6. The summed E-state index contributed by atoms with van der Waals surface area (Å²) < 4.78 is 21.8. The number of aromatic nitrogens is 5. The Morgan fingerprint density at radius 1 is 1.18 bits per heavy atom. The molecule has 34 heavy (non-hydrogen) atoms. The highest BCUT2D eigenvalue weighted by atomic mass is 35.5. The largest absolute Gasteiger partial charge is 0.494 e. The second-order valence-electron chi connectivity index (χ2n) is 7.92. The average molecular weight is 482 g/mol. The molecule has 0 aliphatic carbocycles. The van der Waals surface area contributed by atoms with Gasteiger partial charge < -0.3 is 14.5 Å². The number of aromatic amines is 1. The van der Waals surface area contributed by atoms with E-state index in [-0.39, 0.29) is 27.8 Å². The number of hydrogen-bond acceptors (Lipinski definition) is 7. The van der Waals surface area contributed by atoms with Gasteiger partial charge in [0.05, 0.1) is 17.5 Å². The predicted octanol–water partition coefficient (Wildman–Crippen LogP) is 3.51. The van der Waals surface area contributed by atoms with Crippen LogP contribution in [0.25, 0.3) is 33.1 Å². The molecule has 0 spiro atoms. The standard InChI is InChI=1S/C23H21ClFN7O2/c1-4-14(33)31-7-9-32(10-8-31)23-17-21(26-11-27-23)19(25)16(18(24)22(17)34-3)15-12(2)5-6-13-20(15)29-30-28-13/h4-6,11H,1,7-10H2,2-3H3,(H,28,29,30). The van der Waals surface area contributed by atoms with Crippen LogP contribution in [0.5, 0.6) is 5.75 Å². The maximum atomic E-state index is 16.1. The first-order valence-corrected chi connectivity index (χ1v) is 11.0. The van der Waals surface area contributed by atoms with Crippen molar-refractivity contribution in [2.75, 3.05) is 38.2 Å². The third-order valence-electron chi connectivity index (χ3n) is 6.12. The summed E-state index contributed by atoms with van der Waals surface area (Å²) in [6.07, 6.45) is 2.62. The van der Waals surface area contributed by atoms with Crippen molar-refractivity contribution in [2.45, 2.75) is 6.92 Å². The molecule has 0 atom stereocenters. The van der Waals surface area contributed by atoms with E-state index < -0.39 is 5.82 Å². The number of nitrogens with one attached hydrogen (secondary N) is 1. The van der Waals surface area contributed by atoms with Crippen molar-refractivity contribution in [1.29, 1.82) is 0 Å². The van der Waals surface area contributed by atoms with Crippen LogP contribution < -0.4 is 9.64 Å². The van der Waals surface area contributed by atoms with Gasteiger partial charge in [-0.05, 0) is 24.6 Å². The normalized spacial score (nSPS) is 14.1. The zero-order valence-electron chi connectivity index (χ0n) is 18.6. The van der Waals surface area contributed by atoms with Crippen molar-refractivity contribution >= 4 is 45.3 Å². The van der Waals surface area contributed by atoms with Gasteiger partial charge in [0.2, 0.25) is 5.91 Å². The molecule has 1 amide bonds. The van der Waals surface area contributed by atoms with Crippen molar-refractivity contribution in [3.63, 3.8) is 0 Å². The van der Waals surface area contributed by atoms with E-state index in [0.717, 1.165) is 5.56 Å². The number of ether oxygens (including phenoxy) is 1. The Labute approximate surface area is 199 Å². The molecule has 9 nitrogen and oxygen atoms in total. The van der Waals surface area contributed by atoms with E-state index in [4.69, 9.17) is 16.3 Å². The lowest BCUT2D eigenvalue weighted by molar-refractivity contribution is -0.126. The molecule has 11 heteroatoms. The van der Waals surface area contributed by atoms with Crippen molar-refractivity contribution in [3.8, 4) is 16.9 Å². The Kier molecular flexibility index (Phi) is 5.52. The van der Waals surface area contributed by atoms with Crippen LogP contribution >= 0.6 is 11.6 Å². The molecule has 2 aromatic heterocycles. The Morgan fingerprint density at radius 3 is 2.65 bits per heavy atom. The Hall–Kier alpha value is -3.79. The van der Waals surface area contributed by atoms with Gasteiger partial charge in [0, 0.05) is 37.3 Å². The second kappa shape index (κ2) is 8.53. The molecular weight excluding hydrogens is 461 g/mol. The average Bonchev–Trinajstić information content (AvgIpc) is 3.34. The van der Waals surface area contributed by atoms with E-state index in [2.05, 4.69) is 32.0 Å². The number of methoxy groups -OCH3 is 1. The summed E-state index contributed by atoms with van der Waals surface area (Å²) >= 11 is 6.80. The summed E-state index contributed by atoms with van der Waals surface area (Å²) in [6.45, 7) is 7.38. The van der Waals surface area contributed by atoms with Crippen LogP contribution in [0.2, 0.25) is 5.02 Å². The van der Waals surface area contributed by atoms with E-state index in [0.29, 0.717) is 54.0 Å². The van der Waals surface area contributed by atoms with Crippen LogP contribution in [0.1, 0.15) is 5.56 Å². The zero-order valence-corrected chi connectivity index (χ0v) is 19.4. The predicted molar refractivity (Wildman–Crippen MR) is 128 cm³/mol. The molecule has 0 radical (unpaired) electrons. The highest BCUT2D eigenvalue weighted by Gasteiger charge is 2.29. The quantitative estimate of drug-likeness (QED) is 0.445. The Bertz CT molecular complexity index is 1450. The summed E-state index contributed by atoms with van der Waals surface area (Å²) in [5.74, 6) is 0.0499. The number of anilines is 1. The fourth-order valence-electron chi connectivity index (χ4n) is 4.44. The molecule has 3 heterocycles. The summed E-state index contributed by atoms with van der Waals surface area (Å²) in [5.41, 5.74) is 2.62. The van der Waals surface area contributed by atoms with Crippen LogP contribution in [0.4, 0.5) is 10.2 Å². The lowest BCUT2D eigenvalue weighted by Crippen LogP contribution is -2.48. The maximum absolute atomic E-state index is 16.1. The SMILES string of the molecule is C=CC(=O)N1CCN(c2ncnc3c(F)c(-c4c(C)ccc5n[nH]nc45)c(Cl)c(OC)c23)CC1. The van der Waals surface area contributed by atoms with Crippen LogP contribution in [0.3, 0.4) is 0 Å². The molecule has 5 rings (SSSR count). The topological polar surface area (TPSA) is 100 Å². The van der Waals surface area contributed by atoms with Crippen molar-refractivity contribution in [1.82, 2.24) is 30.3 Å². The van der Waals surface area contributed by atoms with Crippen molar-refractivity contribution in [2.24, 2.45) is 0 Å². The van der Waals surface area contributed by atoms with Crippen LogP contribution in [0, 0.1) is 12.7 Å². The molecule has 1 aliphatic heterocycles. The second-order valence-corrected chi connectivity index (χ2v) is 8.30. The van der Waals surface area contributed by atoms with Gasteiger partial charge in [-0.2, -0.15) is 15.4 Å². The minimum atomic E-state index is -0.594. The first kappa shape index (κ1) is 22.0. The number of halogens is 2. The summed E-state index contributed by atoms with van der Waals surface area (Å²) in [6, 6.07) is 3.64. The number of carbonyl (C=O) groups is 1. The number of rotatable bonds is 4. The number of fused-ring (bicyclic) bond motifs is 2. The summed E-state index contributed by atoms with van der Waals surface area (Å²) in [5, 5.41) is 11.4. The number of aryl methyl sites for hydroxylation is 1. The summed E-state index contributed by atoms with van der Waals surface area (Å²) in [7, 11) is 1.48. The monoisotopic (exact) mass is 481 g/mol. The molecule has 2 aromatic carbocycles. The van der Waals surface area contributed by atoms with Gasteiger partial charge in [0.1, 0.15) is 28.7 Å². The van der Waals surface area contributed by atoms with E-state index in [9.17, 15) is 4.79 Å². The molecule has 1 saturated heterocycles. The van der Waals surface area contributed by atoms with Crippen LogP contribution in [-0.4, -0.2) is 69.5 Å². The lowest BCUT2D eigenvalue weighted by Gasteiger charge is -2.35. The highest BCUT2D eigenvalue weighted by molar-refractivity contribution is 6.37. The van der Waals surface area contributed by atoms with Gasteiger partial charge in [-0.25, -0.2) is 14.4 Å². The van der Waals surface area contributed by atoms with E-state index in [1.54, 1.807) is 11.0 Å².